The predicted molar refractivity (Wildman–Crippen MR) is 95.3 cm³/mol. The Balaban J connectivity index is 3.13. The molecule has 0 fully saturated rings. The van der Waals surface area contributed by atoms with Gasteiger partial charge in [0.1, 0.15) is 17.1 Å². The molecule has 0 N–H and O–H groups in total. The minimum Gasteiger partial charge on any atom is -0.497 e. The standard InChI is InChI=1S/C18H25BrO4/c1-6-18(4,12-13(3)19)23-16-9-8-15(21-5)10-14(16)11-17(20)22-7-2/h8-10,12H,6-7,11H2,1-5H3/b13-12+. The minimum atomic E-state index is -0.467. The second-order valence-corrected chi connectivity index (χ2v) is 6.71. The number of rotatable bonds is 8. The topological polar surface area (TPSA) is 44.8 Å². The molecule has 1 rings (SSSR count). The number of carbonyl (C=O) groups excluding carboxylic acids is 1. The van der Waals surface area contributed by atoms with E-state index in [2.05, 4.69) is 22.9 Å². The Kier molecular flexibility index (Phi) is 7.62. The number of hydrogen-bond donors (Lipinski definition) is 0. The minimum absolute atomic E-state index is 0.150. The van der Waals surface area contributed by atoms with E-state index in [0.717, 1.165) is 16.5 Å². The number of esters is 1. The van der Waals surface area contributed by atoms with Gasteiger partial charge >= 0.3 is 5.97 Å². The van der Waals surface area contributed by atoms with E-state index in [1.165, 1.54) is 0 Å². The first-order chi connectivity index (χ1) is 10.8. The summed E-state index contributed by atoms with van der Waals surface area (Å²) in [4.78, 5) is 11.8. The SMILES string of the molecule is CCOC(=O)Cc1cc(OC)ccc1OC(C)(/C=C(\C)Br)CC. The Hall–Kier alpha value is -1.49. The molecule has 0 saturated heterocycles. The third-order valence-corrected chi connectivity index (χ3v) is 3.69. The van der Waals surface area contributed by atoms with Gasteiger partial charge in [0.25, 0.3) is 0 Å². The van der Waals surface area contributed by atoms with E-state index in [4.69, 9.17) is 14.2 Å². The van der Waals surface area contributed by atoms with E-state index in [1.807, 2.05) is 38.1 Å². The summed E-state index contributed by atoms with van der Waals surface area (Å²) in [6, 6.07) is 5.47. The zero-order valence-corrected chi connectivity index (χ0v) is 16.0. The van der Waals surface area contributed by atoms with Crippen LogP contribution in [0.15, 0.2) is 28.8 Å². The van der Waals surface area contributed by atoms with Gasteiger partial charge in [0, 0.05) is 5.56 Å². The summed E-state index contributed by atoms with van der Waals surface area (Å²) in [6.45, 7) is 8.18. The number of halogens is 1. The molecule has 1 aromatic rings. The maximum absolute atomic E-state index is 11.8. The van der Waals surface area contributed by atoms with Crippen LogP contribution in [-0.4, -0.2) is 25.3 Å². The molecule has 5 heteroatoms. The van der Waals surface area contributed by atoms with Crippen molar-refractivity contribution in [2.24, 2.45) is 0 Å². The van der Waals surface area contributed by atoms with Crippen LogP contribution >= 0.6 is 15.9 Å². The van der Waals surface area contributed by atoms with Crippen molar-refractivity contribution in [2.75, 3.05) is 13.7 Å². The molecule has 0 aliphatic carbocycles. The fourth-order valence-electron chi connectivity index (χ4n) is 2.16. The summed E-state index contributed by atoms with van der Waals surface area (Å²) < 4.78 is 17.5. The molecule has 0 amide bonds. The second-order valence-electron chi connectivity index (χ2n) is 5.45. The number of allylic oxidation sites excluding steroid dienone is 1. The summed E-state index contributed by atoms with van der Waals surface area (Å²) in [5.41, 5.74) is 0.286. The van der Waals surface area contributed by atoms with Gasteiger partial charge in [-0.2, -0.15) is 0 Å². The van der Waals surface area contributed by atoms with Crippen LogP contribution in [-0.2, 0) is 16.0 Å². The molecular formula is C18H25BrO4. The van der Waals surface area contributed by atoms with Crippen LogP contribution in [0, 0.1) is 0 Å². The fraction of sp³-hybridized carbons (Fsp3) is 0.500. The van der Waals surface area contributed by atoms with Crippen molar-refractivity contribution >= 4 is 21.9 Å². The van der Waals surface area contributed by atoms with Crippen LogP contribution in [0.25, 0.3) is 0 Å². The quantitative estimate of drug-likeness (QED) is 0.612. The van der Waals surface area contributed by atoms with Crippen LogP contribution in [0.4, 0.5) is 0 Å². The van der Waals surface area contributed by atoms with Crippen LogP contribution in [0.5, 0.6) is 11.5 Å². The monoisotopic (exact) mass is 384 g/mol. The lowest BCUT2D eigenvalue weighted by Gasteiger charge is -2.28. The third-order valence-electron chi connectivity index (χ3n) is 3.46. The normalized spacial score (nSPS) is 14.1. The van der Waals surface area contributed by atoms with Crippen molar-refractivity contribution in [3.05, 3.63) is 34.3 Å². The smallest absolute Gasteiger partial charge is 0.310 e. The lowest BCUT2D eigenvalue weighted by molar-refractivity contribution is -0.142. The van der Waals surface area contributed by atoms with Gasteiger partial charge in [0.05, 0.1) is 20.1 Å². The predicted octanol–water partition coefficient (Wildman–Crippen LogP) is 4.65. The van der Waals surface area contributed by atoms with Gasteiger partial charge in [0.15, 0.2) is 0 Å². The molecule has 0 saturated carbocycles. The molecule has 128 valence electrons. The van der Waals surface area contributed by atoms with Crippen molar-refractivity contribution < 1.29 is 19.0 Å². The fourth-order valence-corrected chi connectivity index (χ4v) is 2.65. The van der Waals surface area contributed by atoms with Crippen LogP contribution in [0.3, 0.4) is 0 Å². The molecule has 0 spiro atoms. The van der Waals surface area contributed by atoms with E-state index in [-0.39, 0.29) is 12.4 Å². The lowest BCUT2D eigenvalue weighted by Crippen LogP contribution is -2.29. The maximum Gasteiger partial charge on any atom is 0.310 e. The van der Waals surface area contributed by atoms with Gasteiger partial charge < -0.3 is 14.2 Å². The Morgan fingerprint density at radius 1 is 1.35 bits per heavy atom. The van der Waals surface area contributed by atoms with Crippen LogP contribution < -0.4 is 9.47 Å². The maximum atomic E-state index is 11.8. The molecule has 0 bridgehead atoms. The molecule has 0 aliphatic rings. The summed E-state index contributed by atoms with van der Waals surface area (Å²) in [5, 5.41) is 0. The number of hydrogen-bond acceptors (Lipinski definition) is 4. The molecule has 0 heterocycles. The molecule has 4 nitrogen and oxygen atoms in total. The second kappa shape index (κ2) is 8.96. The van der Waals surface area contributed by atoms with Crippen molar-refractivity contribution in [1.82, 2.24) is 0 Å². The van der Waals surface area contributed by atoms with Crippen molar-refractivity contribution in [1.29, 1.82) is 0 Å². The van der Waals surface area contributed by atoms with Gasteiger partial charge in [-0.3, -0.25) is 4.79 Å². The van der Waals surface area contributed by atoms with Gasteiger partial charge in [-0.15, -0.1) is 0 Å². The van der Waals surface area contributed by atoms with Crippen LogP contribution in [0.2, 0.25) is 0 Å². The number of carbonyl (C=O) groups is 1. The molecular weight excluding hydrogens is 360 g/mol. The first kappa shape index (κ1) is 19.6. The van der Waals surface area contributed by atoms with Crippen molar-refractivity contribution in [3.8, 4) is 11.5 Å². The van der Waals surface area contributed by atoms with Gasteiger partial charge in [0.2, 0.25) is 0 Å². The average molecular weight is 385 g/mol. The highest BCUT2D eigenvalue weighted by Crippen LogP contribution is 2.31. The first-order valence-corrected chi connectivity index (χ1v) is 8.49. The highest BCUT2D eigenvalue weighted by Gasteiger charge is 2.23. The van der Waals surface area contributed by atoms with Gasteiger partial charge in [-0.25, -0.2) is 0 Å². The molecule has 23 heavy (non-hydrogen) atoms. The van der Waals surface area contributed by atoms with Crippen LogP contribution in [0.1, 0.15) is 39.7 Å². The average Bonchev–Trinajstić information content (AvgIpc) is 2.48. The van der Waals surface area contributed by atoms with E-state index >= 15 is 0 Å². The molecule has 1 aromatic carbocycles. The molecule has 0 aliphatic heterocycles. The number of methoxy groups -OCH3 is 1. The van der Waals surface area contributed by atoms with Gasteiger partial charge in [-0.1, -0.05) is 22.9 Å². The number of benzene rings is 1. The van der Waals surface area contributed by atoms with Gasteiger partial charge in [-0.05, 0) is 55.9 Å². The van der Waals surface area contributed by atoms with Crippen molar-refractivity contribution in [2.45, 2.75) is 46.1 Å². The third kappa shape index (κ3) is 6.26. The Bertz CT molecular complexity index is 564. The molecule has 0 aromatic heterocycles. The zero-order valence-electron chi connectivity index (χ0n) is 14.4. The summed E-state index contributed by atoms with van der Waals surface area (Å²) >= 11 is 3.45. The highest BCUT2D eigenvalue weighted by atomic mass is 79.9. The first-order valence-electron chi connectivity index (χ1n) is 7.70. The Morgan fingerprint density at radius 3 is 2.57 bits per heavy atom. The van der Waals surface area contributed by atoms with Crippen molar-refractivity contribution in [3.63, 3.8) is 0 Å². The summed E-state index contributed by atoms with van der Waals surface area (Å²) in [5.74, 6) is 1.06. The molecule has 1 unspecified atom stereocenters. The number of ether oxygens (including phenoxy) is 3. The zero-order chi connectivity index (χ0) is 17.5. The summed E-state index contributed by atoms with van der Waals surface area (Å²) in [6.07, 6.45) is 2.96. The van der Waals surface area contributed by atoms with E-state index in [0.29, 0.717) is 18.1 Å². The van der Waals surface area contributed by atoms with E-state index < -0.39 is 5.60 Å². The Labute approximate surface area is 146 Å². The molecule has 0 radical (unpaired) electrons. The lowest BCUT2D eigenvalue weighted by atomic mass is 10.0. The largest absolute Gasteiger partial charge is 0.497 e. The highest BCUT2D eigenvalue weighted by molar-refractivity contribution is 9.11. The Morgan fingerprint density at radius 2 is 2.04 bits per heavy atom. The van der Waals surface area contributed by atoms with E-state index in [9.17, 15) is 4.79 Å². The summed E-state index contributed by atoms with van der Waals surface area (Å²) in [7, 11) is 1.59. The molecule has 1 atom stereocenters. The van der Waals surface area contributed by atoms with E-state index in [1.54, 1.807) is 14.0 Å².